The molecule has 0 spiro atoms. The van der Waals surface area contributed by atoms with Crippen LogP contribution in [0.3, 0.4) is 0 Å². The normalized spacial score (nSPS) is 12.3. The molecular weight excluding hydrogens is 192 g/mol. The molecule has 0 aliphatic rings. The SMILES string of the molecule is N=CC(SCc1ccco1)[N+](=O)[O-]. The van der Waals surface area contributed by atoms with Gasteiger partial charge >= 0.3 is 0 Å². The van der Waals surface area contributed by atoms with Gasteiger partial charge in [-0.25, -0.2) is 0 Å². The van der Waals surface area contributed by atoms with Gasteiger partial charge in [-0.1, -0.05) is 11.8 Å². The van der Waals surface area contributed by atoms with Crippen molar-refractivity contribution >= 4 is 18.0 Å². The summed E-state index contributed by atoms with van der Waals surface area (Å²) in [5, 5.41) is 16.1. The highest BCUT2D eigenvalue weighted by Gasteiger charge is 2.17. The number of furan rings is 1. The summed E-state index contributed by atoms with van der Waals surface area (Å²) < 4.78 is 4.99. The minimum atomic E-state index is -0.981. The summed E-state index contributed by atoms with van der Waals surface area (Å²) in [6.07, 6.45) is 2.33. The zero-order valence-corrected chi connectivity index (χ0v) is 7.49. The van der Waals surface area contributed by atoms with Crippen LogP contribution >= 0.6 is 11.8 Å². The predicted octanol–water partition coefficient (Wildman–Crippen LogP) is 1.77. The van der Waals surface area contributed by atoms with Gasteiger partial charge in [0.15, 0.2) is 0 Å². The first kappa shape index (κ1) is 9.79. The van der Waals surface area contributed by atoms with E-state index in [0.717, 1.165) is 18.0 Å². The van der Waals surface area contributed by atoms with Crippen molar-refractivity contribution in [1.82, 2.24) is 0 Å². The topological polar surface area (TPSA) is 80.1 Å². The molecule has 1 N–H and O–H groups in total. The molecule has 0 aliphatic heterocycles. The number of hydrogen-bond donors (Lipinski definition) is 1. The monoisotopic (exact) mass is 200 g/mol. The summed E-state index contributed by atoms with van der Waals surface area (Å²) in [7, 11) is 0. The van der Waals surface area contributed by atoms with Crippen LogP contribution in [0.4, 0.5) is 0 Å². The third-order valence-corrected chi connectivity index (χ3v) is 2.43. The van der Waals surface area contributed by atoms with Gasteiger partial charge in [0.1, 0.15) is 5.76 Å². The summed E-state index contributed by atoms with van der Waals surface area (Å²) in [5.41, 5.74) is 0. The van der Waals surface area contributed by atoms with E-state index in [1.165, 1.54) is 6.26 Å². The summed E-state index contributed by atoms with van der Waals surface area (Å²) in [6.45, 7) is 0. The van der Waals surface area contributed by atoms with Crippen LogP contribution in [-0.4, -0.2) is 16.5 Å². The largest absolute Gasteiger partial charge is 0.468 e. The first-order valence-electron chi connectivity index (χ1n) is 3.52. The Morgan fingerprint density at radius 3 is 3.08 bits per heavy atom. The molecular formula is C7H8N2O3S. The van der Waals surface area contributed by atoms with E-state index < -0.39 is 10.3 Å². The molecule has 0 saturated carbocycles. The van der Waals surface area contributed by atoms with Gasteiger partial charge < -0.3 is 9.83 Å². The Balaban J connectivity index is 2.41. The molecule has 1 atom stereocenters. The average Bonchev–Trinajstić information content (AvgIpc) is 2.57. The molecule has 1 aromatic heterocycles. The number of hydrogen-bond acceptors (Lipinski definition) is 5. The van der Waals surface area contributed by atoms with Crippen LogP contribution in [0.2, 0.25) is 0 Å². The fraction of sp³-hybridized carbons (Fsp3) is 0.286. The van der Waals surface area contributed by atoms with Crippen LogP contribution < -0.4 is 0 Å². The second-order valence-corrected chi connectivity index (χ2v) is 3.34. The number of nitrogens with zero attached hydrogens (tertiary/aromatic N) is 1. The third kappa shape index (κ3) is 2.90. The number of nitro groups is 1. The van der Waals surface area contributed by atoms with Gasteiger partial charge in [-0.05, 0) is 12.1 Å². The van der Waals surface area contributed by atoms with Crippen molar-refractivity contribution in [3.05, 3.63) is 34.3 Å². The highest BCUT2D eigenvalue weighted by Crippen LogP contribution is 2.17. The lowest BCUT2D eigenvalue weighted by Crippen LogP contribution is -2.16. The van der Waals surface area contributed by atoms with Crippen molar-refractivity contribution in [3.63, 3.8) is 0 Å². The summed E-state index contributed by atoms with van der Waals surface area (Å²) in [5.74, 6) is 1.09. The Morgan fingerprint density at radius 2 is 2.62 bits per heavy atom. The predicted molar refractivity (Wildman–Crippen MR) is 49.6 cm³/mol. The highest BCUT2D eigenvalue weighted by atomic mass is 32.2. The maximum Gasteiger partial charge on any atom is 0.293 e. The molecule has 0 fully saturated rings. The van der Waals surface area contributed by atoms with Gasteiger partial charge in [0.25, 0.3) is 5.37 Å². The number of rotatable bonds is 5. The van der Waals surface area contributed by atoms with E-state index in [9.17, 15) is 10.1 Å². The molecule has 6 heteroatoms. The van der Waals surface area contributed by atoms with Crippen molar-refractivity contribution in [1.29, 1.82) is 5.41 Å². The second kappa shape index (κ2) is 4.66. The van der Waals surface area contributed by atoms with Gasteiger partial charge in [0.2, 0.25) is 0 Å². The molecule has 1 rings (SSSR count). The van der Waals surface area contributed by atoms with Gasteiger partial charge in [-0.15, -0.1) is 0 Å². The average molecular weight is 200 g/mol. The van der Waals surface area contributed by atoms with Crippen molar-refractivity contribution < 1.29 is 9.34 Å². The minimum Gasteiger partial charge on any atom is -0.468 e. The van der Waals surface area contributed by atoms with Crippen LogP contribution in [0.1, 0.15) is 5.76 Å². The molecule has 13 heavy (non-hydrogen) atoms. The van der Waals surface area contributed by atoms with Gasteiger partial charge in [0, 0.05) is 4.92 Å². The molecule has 5 nitrogen and oxygen atoms in total. The maximum absolute atomic E-state index is 10.3. The zero-order chi connectivity index (χ0) is 9.68. The Hall–Kier alpha value is -1.30. The lowest BCUT2D eigenvalue weighted by Gasteiger charge is -2.00. The van der Waals surface area contributed by atoms with Crippen molar-refractivity contribution in [3.8, 4) is 0 Å². The van der Waals surface area contributed by atoms with Crippen molar-refractivity contribution in [2.24, 2.45) is 0 Å². The second-order valence-electron chi connectivity index (χ2n) is 2.23. The first-order chi connectivity index (χ1) is 6.24. The van der Waals surface area contributed by atoms with Gasteiger partial charge in [-0.3, -0.25) is 10.1 Å². The smallest absolute Gasteiger partial charge is 0.293 e. The van der Waals surface area contributed by atoms with Crippen LogP contribution in [0.5, 0.6) is 0 Å². The summed E-state index contributed by atoms with van der Waals surface area (Å²) in [6, 6.07) is 3.47. The van der Waals surface area contributed by atoms with E-state index in [1.807, 2.05) is 0 Å². The fourth-order valence-corrected chi connectivity index (χ4v) is 1.45. The van der Waals surface area contributed by atoms with Crippen molar-refractivity contribution in [2.45, 2.75) is 11.1 Å². The third-order valence-electron chi connectivity index (χ3n) is 1.33. The van der Waals surface area contributed by atoms with Crippen LogP contribution in [-0.2, 0) is 5.75 Å². The zero-order valence-electron chi connectivity index (χ0n) is 6.67. The van der Waals surface area contributed by atoms with E-state index in [-0.39, 0.29) is 0 Å². The maximum atomic E-state index is 10.3. The van der Waals surface area contributed by atoms with E-state index in [2.05, 4.69) is 0 Å². The first-order valence-corrected chi connectivity index (χ1v) is 4.57. The van der Waals surface area contributed by atoms with Crippen molar-refractivity contribution in [2.75, 3.05) is 0 Å². The van der Waals surface area contributed by atoms with Crippen LogP contribution in [0, 0.1) is 15.5 Å². The van der Waals surface area contributed by atoms with E-state index in [4.69, 9.17) is 9.83 Å². The van der Waals surface area contributed by atoms with Crippen LogP contribution in [0.25, 0.3) is 0 Å². The Kier molecular flexibility index (Phi) is 3.51. The lowest BCUT2D eigenvalue weighted by atomic mass is 10.5. The van der Waals surface area contributed by atoms with E-state index in [1.54, 1.807) is 12.1 Å². The van der Waals surface area contributed by atoms with Gasteiger partial charge in [-0.2, -0.15) is 0 Å². The lowest BCUT2D eigenvalue weighted by molar-refractivity contribution is -0.476. The van der Waals surface area contributed by atoms with Crippen LogP contribution in [0.15, 0.2) is 22.8 Å². The Labute approximate surface area is 78.8 Å². The number of thioether (sulfide) groups is 1. The van der Waals surface area contributed by atoms with E-state index >= 15 is 0 Å². The number of nitrogens with one attached hydrogen (secondary N) is 1. The van der Waals surface area contributed by atoms with E-state index in [0.29, 0.717) is 11.5 Å². The quantitative estimate of drug-likeness (QED) is 0.340. The minimum absolute atomic E-state index is 0.411. The standard InChI is InChI=1S/C7H8N2O3S/c8-4-7(9(10)11)13-5-6-2-1-3-12-6/h1-4,7-8H,5H2. The molecule has 0 saturated heterocycles. The molecule has 0 radical (unpaired) electrons. The molecule has 0 amide bonds. The molecule has 0 aromatic carbocycles. The van der Waals surface area contributed by atoms with Gasteiger partial charge in [0.05, 0.1) is 18.2 Å². The molecule has 1 unspecified atom stereocenters. The molecule has 70 valence electrons. The molecule has 1 aromatic rings. The fourth-order valence-electron chi connectivity index (χ4n) is 0.732. The summed E-state index contributed by atoms with van der Waals surface area (Å²) >= 11 is 1.05. The summed E-state index contributed by atoms with van der Waals surface area (Å²) in [4.78, 5) is 9.79. The highest BCUT2D eigenvalue weighted by molar-refractivity contribution is 7.99. The molecule has 1 heterocycles. The molecule has 0 aliphatic carbocycles. The Bertz CT molecular complexity index is 286. The molecule has 0 bridgehead atoms. The Morgan fingerprint density at radius 1 is 1.85 bits per heavy atom.